The summed E-state index contributed by atoms with van der Waals surface area (Å²) >= 11 is 1.87. The Bertz CT molecular complexity index is 3870. The minimum atomic E-state index is -0.586. The second-order valence-corrected chi connectivity index (χ2v) is 19.4. The second kappa shape index (κ2) is 16.6. The van der Waals surface area contributed by atoms with Crippen molar-refractivity contribution in [3.63, 3.8) is 0 Å². The molecule has 0 N–H and O–H groups in total. The summed E-state index contributed by atoms with van der Waals surface area (Å²) in [5.74, 6) is 0. The molecule has 3 nitrogen and oxygen atoms in total. The van der Waals surface area contributed by atoms with E-state index in [1.807, 2.05) is 11.3 Å². The molecule has 0 radical (unpaired) electrons. The number of nitrogens with zero attached hydrogens (tertiary/aromatic N) is 3. The summed E-state index contributed by atoms with van der Waals surface area (Å²) in [5, 5.41) is 2.53. The SMILES string of the molecule is c1ccc(N(c2cccc(-c3ccc4c(sc5ccccc54)c3N(c3ccccc3)c3ccccc3)c2)c2cccc3c2-c2ccccc2C32c3ccccc3N(c3ccccc3)c3ccccc32)cc1. The van der Waals surface area contributed by atoms with Gasteiger partial charge in [0.25, 0.3) is 0 Å². The molecule has 0 bridgehead atoms. The van der Waals surface area contributed by atoms with Crippen LogP contribution in [0.4, 0.5) is 51.2 Å². The van der Waals surface area contributed by atoms with Gasteiger partial charge in [-0.2, -0.15) is 0 Å². The van der Waals surface area contributed by atoms with E-state index in [0.717, 1.165) is 45.3 Å². The van der Waals surface area contributed by atoms with Crippen molar-refractivity contribution in [3.8, 4) is 22.3 Å². The summed E-state index contributed by atoms with van der Waals surface area (Å²) in [6.07, 6.45) is 0. The van der Waals surface area contributed by atoms with Crippen LogP contribution in [0.1, 0.15) is 22.3 Å². The van der Waals surface area contributed by atoms with Gasteiger partial charge in [0.15, 0.2) is 0 Å². The monoisotopic (exact) mass is 923 g/mol. The van der Waals surface area contributed by atoms with Gasteiger partial charge in [-0.05, 0) is 118 Å². The molecule has 1 aliphatic carbocycles. The fraction of sp³-hybridized carbons (Fsp3) is 0.0149. The van der Waals surface area contributed by atoms with Crippen LogP contribution in [0.5, 0.6) is 0 Å². The van der Waals surface area contributed by atoms with Crippen molar-refractivity contribution in [2.45, 2.75) is 5.41 Å². The molecule has 11 aromatic carbocycles. The number of rotatable bonds is 8. The van der Waals surface area contributed by atoms with Crippen molar-refractivity contribution < 1.29 is 0 Å². The van der Waals surface area contributed by atoms with Crippen LogP contribution in [0.3, 0.4) is 0 Å². The molecule has 2 aliphatic rings. The summed E-state index contributed by atoms with van der Waals surface area (Å²) in [4.78, 5) is 7.38. The Kier molecular flexibility index (Phi) is 9.61. The highest BCUT2D eigenvalue weighted by Gasteiger charge is 2.52. The maximum Gasteiger partial charge on any atom is 0.0755 e. The summed E-state index contributed by atoms with van der Waals surface area (Å²) in [7, 11) is 0. The first-order chi connectivity index (χ1) is 35.3. The number of anilines is 9. The van der Waals surface area contributed by atoms with Crippen LogP contribution in [0.15, 0.2) is 273 Å². The number of thiophene rings is 1. The van der Waals surface area contributed by atoms with Crippen molar-refractivity contribution in [1.82, 2.24) is 0 Å². The maximum atomic E-state index is 2.48. The van der Waals surface area contributed by atoms with Crippen molar-refractivity contribution in [3.05, 3.63) is 295 Å². The third-order valence-electron chi connectivity index (χ3n) is 14.6. The number of benzene rings is 11. The molecule has 71 heavy (non-hydrogen) atoms. The van der Waals surface area contributed by atoms with Gasteiger partial charge in [0, 0.05) is 55.0 Å². The Morgan fingerprint density at radius 1 is 0.352 bits per heavy atom. The predicted octanol–water partition coefficient (Wildman–Crippen LogP) is 18.8. The minimum Gasteiger partial charge on any atom is -0.310 e. The first kappa shape index (κ1) is 41.1. The third-order valence-corrected chi connectivity index (χ3v) is 15.8. The van der Waals surface area contributed by atoms with E-state index < -0.39 is 5.41 Å². The molecule has 1 aromatic heterocycles. The molecule has 2 heterocycles. The summed E-state index contributed by atoms with van der Waals surface area (Å²) < 4.78 is 2.53. The zero-order chi connectivity index (χ0) is 46.9. The van der Waals surface area contributed by atoms with Gasteiger partial charge in [0.05, 0.1) is 32.9 Å². The van der Waals surface area contributed by atoms with E-state index in [9.17, 15) is 0 Å². The molecule has 4 heteroatoms. The van der Waals surface area contributed by atoms with Gasteiger partial charge in [-0.15, -0.1) is 11.3 Å². The highest BCUT2D eigenvalue weighted by Crippen LogP contribution is 2.65. The van der Waals surface area contributed by atoms with E-state index in [0.29, 0.717) is 0 Å². The Morgan fingerprint density at radius 2 is 0.873 bits per heavy atom. The summed E-state index contributed by atoms with van der Waals surface area (Å²) in [5.41, 5.74) is 19.5. The molecule has 0 amide bonds. The number of hydrogen-bond donors (Lipinski definition) is 0. The normalized spacial score (nSPS) is 12.9. The molecule has 12 aromatic rings. The molecule has 1 spiro atoms. The van der Waals surface area contributed by atoms with Crippen LogP contribution in [0, 0.1) is 0 Å². The van der Waals surface area contributed by atoms with Crippen LogP contribution in [-0.4, -0.2) is 0 Å². The molecule has 0 saturated carbocycles. The smallest absolute Gasteiger partial charge is 0.0755 e. The molecule has 1 aliphatic heterocycles. The number of fused-ring (bicyclic) bond motifs is 12. The Balaban J connectivity index is 1.01. The van der Waals surface area contributed by atoms with Gasteiger partial charge in [0.2, 0.25) is 0 Å². The van der Waals surface area contributed by atoms with Gasteiger partial charge in [-0.25, -0.2) is 0 Å². The van der Waals surface area contributed by atoms with Gasteiger partial charge >= 0.3 is 0 Å². The first-order valence-electron chi connectivity index (χ1n) is 24.3. The molecule has 14 rings (SSSR count). The molecule has 0 fully saturated rings. The van der Waals surface area contributed by atoms with Crippen molar-refractivity contribution in [2.75, 3.05) is 14.7 Å². The quantitative estimate of drug-likeness (QED) is 0.150. The molecular weight excluding hydrogens is 879 g/mol. The Labute approximate surface area is 418 Å². The van der Waals surface area contributed by atoms with E-state index in [1.165, 1.54) is 70.6 Å². The van der Waals surface area contributed by atoms with Gasteiger partial charge in [0.1, 0.15) is 0 Å². The minimum absolute atomic E-state index is 0.586. The Morgan fingerprint density at radius 3 is 1.55 bits per heavy atom. The zero-order valence-corrected chi connectivity index (χ0v) is 39.5. The Hall–Kier alpha value is -8.96. The lowest BCUT2D eigenvalue weighted by Gasteiger charge is -2.45. The van der Waals surface area contributed by atoms with Gasteiger partial charge in [-0.3, -0.25) is 0 Å². The average molecular weight is 924 g/mol. The van der Waals surface area contributed by atoms with Crippen molar-refractivity contribution in [1.29, 1.82) is 0 Å². The summed E-state index contributed by atoms with van der Waals surface area (Å²) in [6, 6.07) is 100. The van der Waals surface area contributed by atoms with Crippen LogP contribution < -0.4 is 14.7 Å². The van der Waals surface area contributed by atoms with Crippen LogP contribution in [0.2, 0.25) is 0 Å². The van der Waals surface area contributed by atoms with Gasteiger partial charge < -0.3 is 14.7 Å². The molecule has 0 unspecified atom stereocenters. The average Bonchev–Trinajstić information content (AvgIpc) is 3.97. The van der Waals surface area contributed by atoms with Gasteiger partial charge in [-0.1, -0.05) is 188 Å². The fourth-order valence-corrected chi connectivity index (χ4v) is 13.0. The van der Waals surface area contributed by atoms with E-state index in [2.05, 4.69) is 288 Å². The molecule has 0 saturated heterocycles. The first-order valence-corrected chi connectivity index (χ1v) is 25.2. The van der Waals surface area contributed by atoms with E-state index in [-0.39, 0.29) is 0 Å². The molecular formula is C67H45N3S. The lowest BCUT2D eigenvalue weighted by molar-refractivity contribution is 0.752. The standard InChI is InChI=1S/C67H45N3S/c1-5-24-47(25-6-1)68(51-32-21-23-46(45-51)52-43-44-54-53-33-14-20-42-63(53)71-66(54)65(52)69(48-26-7-2-8-27-48)49-28-9-3-10-29-49)62-41-22-38-59-64(62)55-34-13-15-35-56(55)67(59)57-36-16-18-39-60(57)70(50-30-11-4-12-31-50)61-40-19-17-37-58(61)67/h1-45H. The van der Waals surface area contributed by atoms with Crippen molar-refractivity contribution in [2.24, 2.45) is 0 Å². The second-order valence-electron chi connectivity index (χ2n) is 18.4. The van der Waals surface area contributed by atoms with E-state index in [1.54, 1.807) is 0 Å². The fourth-order valence-electron chi connectivity index (χ4n) is 11.8. The highest BCUT2D eigenvalue weighted by atomic mass is 32.1. The third kappa shape index (κ3) is 6.28. The highest BCUT2D eigenvalue weighted by molar-refractivity contribution is 7.26. The van der Waals surface area contributed by atoms with Crippen LogP contribution >= 0.6 is 11.3 Å². The topological polar surface area (TPSA) is 9.72 Å². The summed E-state index contributed by atoms with van der Waals surface area (Å²) in [6.45, 7) is 0. The lowest BCUT2D eigenvalue weighted by Crippen LogP contribution is -2.36. The lowest BCUT2D eigenvalue weighted by atomic mass is 9.64. The molecule has 334 valence electrons. The van der Waals surface area contributed by atoms with E-state index in [4.69, 9.17) is 0 Å². The number of hydrogen-bond acceptors (Lipinski definition) is 4. The zero-order valence-electron chi connectivity index (χ0n) is 38.7. The maximum absolute atomic E-state index is 2.48. The largest absolute Gasteiger partial charge is 0.310 e. The van der Waals surface area contributed by atoms with Crippen molar-refractivity contribution >= 4 is 82.7 Å². The van der Waals surface area contributed by atoms with E-state index >= 15 is 0 Å². The predicted molar refractivity (Wildman–Crippen MR) is 300 cm³/mol. The molecule has 0 atom stereocenters. The number of para-hydroxylation sites is 6. The van der Waals surface area contributed by atoms with Crippen LogP contribution in [0.25, 0.3) is 42.4 Å². The van der Waals surface area contributed by atoms with Crippen LogP contribution in [-0.2, 0) is 5.41 Å².